The lowest BCUT2D eigenvalue weighted by molar-refractivity contribution is 0.0888. The Morgan fingerprint density at radius 1 is 1.29 bits per heavy atom. The van der Waals surface area contributed by atoms with E-state index in [9.17, 15) is 4.79 Å². The van der Waals surface area contributed by atoms with Gasteiger partial charge in [-0.15, -0.1) is 0 Å². The molecule has 0 heterocycles. The van der Waals surface area contributed by atoms with Crippen LogP contribution in [0.4, 0.5) is 0 Å². The van der Waals surface area contributed by atoms with E-state index in [1.54, 1.807) is 32.0 Å². The van der Waals surface area contributed by atoms with Crippen molar-refractivity contribution in [3.63, 3.8) is 0 Å². The van der Waals surface area contributed by atoms with Crippen molar-refractivity contribution >= 4 is 5.78 Å². The van der Waals surface area contributed by atoms with E-state index in [0.717, 1.165) is 0 Å². The van der Waals surface area contributed by atoms with E-state index in [0.29, 0.717) is 17.1 Å². The molecule has 17 heavy (non-hydrogen) atoms. The molecule has 0 aliphatic rings. The van der Waals surface area contributed by atoms with E-state index >= 15 is 0 Å². The highest BCUT2D eigenvalue weighted by atomic mass is 16.5. The van der Waals surface area contributed by atoms with Gasteiger partial charge in [0.2, 0.25) is 0 Å². The van der Waals surface area contributed by atoms with Crippen molar-refractivity contribution in [2.24, 2.45) is 5.41 Å². The Labute approximate surface area is 101 Å². The summed E-state index contributed by atoms with van der Waals surface area (Å²) in [6.45, 7) is 3.16. The number of carbonyl (C=O) groups is 1. The monoisotopic (exact) mass is 233 g/mol. The van der Waals surface area contributed by atoms with E-state index in [1.807, 2.05) is 6.07 Å². The van der Waals surface area contributed by atoms with Gasteiger partial charge in [0.15, 0.2) is 5.78 Å². The molecule has 4 heteroatoms. The SMILES string of the molecule is COc1ccc(C(=O)C(C)(C)C#N)c(OC)c1. The van der Waals surface area contributed by atoms with Gasteiger partial charge in [-0.05, 0) is 26.0 Å². The molecule has 0 radical (unpaired) electrons. The van der Waals surface area contributed by atoms with Gasteiger partial charge in [-0.3, -0.25) is 4.79 Å². The fraction of sp³-hybridized carbons (Fsp3) is 0.385. The third-order valence-corrected chi connectivity index (χ3v) is 2.50. The van der Waals surface area contributed by atoms with Gasteiger partial charge in [-0.25, -0.2) is 0 Å². The third kappa shape index (κ3) is 2.56. The second-order valence-electron chi connectivity index (χ2n) is 4.13. The van der Waals surface area contributed by atoms with Gasteiger partial charge in [0.05, 0.1) is 25.9 Å². The predicted octanol–water partition coefficient (Wildman–Crippen LogP) is 2.44. The Morgan fingerprint density at radius 2 is 1.94 bits per heavy atom. The molecule has 0 fully saturated rings. The zero-order valence-corrected chi connectivity index (χ0v) is 10.4. The molecule has 1 rings (SSSR count). The summed E-state index contributed by atoms with van der Waals surface area (Å²) in [6.07, 6.45) is 0. The number of rotatable bonds is 4. The van der Waals surface area contributed by atoms with Crippen LogP contribution in [0.5, 0.6) is 11.5 Å². The molecule has 0 aromatic heterocycles. The van der Waals surface area contributed by atoms with E-state index in [-0.39, 0.29) is 5.78 Å². The predicted molar refractivity (Wildman–Crippen MR) is 63.3 cm³/mol. The lowest BCUT2D eigenvalue weighted by Gasteiger charge is -2.16. The van der Waals surface area contributed by atoms with Gasteiger partial charge >= 0.3 is 0 Å². The number of hydrogen-bond acceptors (Lipinski definition) is 4. The fourth-order valence-corrected chi connectivity index (χ4v) is 1.37. The lowest BCUT2D eigenvalue weighted by Crippen LogP contribution is -2.22. The van der Waals surface area contributed by atoms with Crippen molar-refractivity contribution in [1.29, 1.82) is 5.26 Å². The second kappa shape index (κ2) is 4.88. The maximum atomic E-state index is 12.1. The van der Waals surface area contributed by atoms with Crippen molar-refractivity contribution in [2.75, 3.05) is 14.2 Å². The molecular weight excluding hydrogens is 218 g/mol. The van der Waals surface area contributed by atoms with Crippen molar-refractivity contribution in [2.45, 2.75) is 13.8 Å². The Kier molecular flexibility index (Phi) is 3.74. The summed E-state index contributed by atoms with van der Waals surface area (Å²) >= 11 is 0. The van der Waals surface area contributed by atoms with Crippen LogP contribution in [0.25, 0.3) is 0 Å². The first-order chi connectivity index (χ1) is 7.96. The summed E-state index contributed by atoms with van der Waals surface area (Å²) in [5.41, 5.74) is -0.679. The molecule has 90 valence electrons. The Morgan fingerprint density at radius 3 is 2.41 bits per heavy atom. The quantitative estimate of drug-likeness (QED) is 0.749. The Balaban J connectivity index is 3.24. The van der Waals surface area contributed by atoms with Crippen molar-refractivity contribution in [3.8, 4) is 17.6 Å². The Hall–Kier alpha value is -2.02. The molecule has 1 aromatic rings. The molecule has 0 N–H and O–H groups in total. The second-order valence-corrected chi connectivity index (χ2v) is 4.13. The van der Waals surface area contributed by atoms with Gasteiger partial charge in [0.25, 0.3) is 0 Å². The number of carbonyl (C=O) groups excluding carboxylic acids is 1. The number of ketones is 1. The first-order valence-electron chi connectivity index (χ1n) is 5.14. The molecule has 0 aliphatic heterocycles. The van der Waals surface area contributed by atoms with E-state index < -0.39 is 5.41 Å². The van der Waals surface area contributed by atoms with Crippen LogP contribution in [0.2, 0.25) is 0 Å². The highest BCUT2D eigenvalue weighted by Crippen LogP contribution is 2.30. The van der Waals surface area contributed by atoms with Crippen LogP contribution < -0.4 is 9.47 Å². The van der Waals surface area contributed by atoms with Crippen molar-refractivity contribution < 1.29 is 14.3 Å². The molecule has 0 bridgehead atoms. The smallest absolute Gasteiger partial charge is 0.186 e. The summed E-state index contributed by atoms with van der Waals surface area (Å²) in [4.78, 5) is 12.1. The van der Waals surface area contributed by atoms with Gasteiger partial charge in [0, 0.05) is 6.07 Å². The first-order valence-corrected chi connectivity index (χ1v) is 5.14. The normalized spacial score (nSPS) is 10.5. The van der Waals surface area contributed by atoms with Crippen molar-refractivity contribution in [1.82, 2.24) is 0 Å². The number of Topliss-reactive ketones (excluding diaryl/α,β-unsaturated/α-hetero) is 1. The van der Waals surface area contributed by atoms with Gasteiger partial charge in [-0.2, -0.15) is 5.26 Å². The number of nitriles is 1. The molecule has 0 saturated carbocycles. The number of methoxy groups -OCH3 is 2. The molecule has 0 spiro atoms. The number of benzene rings is 1. The number of nitrogens with zero attached hydrogens (tertiary/aromatic N) is 1. The zero-order valence-electron chi connectivity index (χ0n) is 10.4. The molecule has 0 amide bonds. The minimum atomic E-state index is -1.07. The van der Waals surface area contributed by atoms with Crippen LogP contribution in [-0.4, -0.2) is 20.0 Å². The molecule has 4 nitrogen and oxygen atoms in total. The first kappa shape index (κ1) is 13.0. The van der Waals surface area contributed by atoms with Crippen LogP contribution in [0.15, 0.2) is 18.2 Å². The number of ether oxygens (including phenoxy) is 2. The standard InChI is InChI=1S/C13H15NO3/c1-13(2,8-14)12(15)10-6-5-9(16-3)7-11(10)17-4/h5-7H,1-4H3. The van der Waals surface area contributed by atoms with Crippen molar-refractivity contribution in [3.05, 3.63) is 23.8 Å². The minimum Gasteiger partial charge on any atom is -0.497 e. The topological polar surface area (TPSA) is 59.3 Å². The maximum Gasteiger partial charge on any atom is 0.186 e. The summed E-state index contributed by atoms with van der Waals surface area (Å²) in [6, 6.07) is 6.89. The van der Waals surface area contributed by atoms with Gasteiger partial charge < -0.3 is 9.47 Å². The minimum absolute atomic E-state index is 0.264. The molecular formula is C13H15NO3. The van der Waals surface area contributed by atoms with Crippen LogP contribution in [-0.2, 0) is 0 Å². The largest absolute Gasteiger partial charge is 0.497 e. The molecule has 0 unspecified atom stereocenters. The summed E-state index contributed by atoms with van der Waals surface area (Å²) in [5.74, 6) is 0.755. The average Bonchev–Trinajstić information content (AvgIpc) is 2.36. The molecule has 0 atom stereocenters. The van der Waals surface area contributed by atoms with E-state index in [4.69, 9.17) is 14.7 Å². The molecule has 0 aliphatic carbocycles. The summed E-state index contributed by atoms with van der Waals surface area (Å²) in [7, 11) is 3.01. The van der Waals surface area contributed by atoms with Gasteiger partial charge in [-0.1, -0.05) is 0 Å². The van der Waals surface area contributed by atoms with E-state index in [1.165, 1.54) is 14.2 Å². The maximum absolute atomic E-state index is 12.1. The zero-order chi connectivity index (χ0) is 13.1. The highest BCUT2D eigenvalue weighted by Gasteiger charge is 2.30. The molecule has 1 aromatic carbocycles. The van der Waals surface area contributed by atoms with Crippen LogP contribution in [0.1, 0.15) is 24.2 Å². The van der Waals surface area contributed by atoms with E-state index in [2.05, 4.69) is 0 Å². The lowest BCUT2D eigenvalue weighted by atomic mass is 9.85. The molecule has 0 saturated heterocycles. The average molecular weight is 233 g/mol. The number of hydrogen-bond donors (Lipinski definition) is 0. The van der Waals surface area contributed by atoms with Crippen LogP contribution in [0.3, 0.4) is 0 Å². The fourth-order valence-electron chi connectivity index (χ4n) is 1.37. The van der Waals surface area contributed by atoms with Crippen LogP contribution >= 0.6 is 0 Å². The third-order valence-electron chi connectivity index (χ3n) is 2.50. The summed E-state index contributed by atoms with van der Waals surface area (Å²) < 4.78 is 10.2. The Bertz CT molecular complexity index is 472. The highest BCUT2D eigenvalue weighted by molar-refractivity contribution is 6.04. The summed E-state index contributed by atoms with van der Waals surface area (Å²) in [5, 5.41) is 8.95. The van der Waals surface area contributed by atoms with Gasteiger partial charge in [0.1, 0.15) is 16.9 Å². The van der Waals surface area contributed by atoms with Crippen LogP contribution in [0, 0.1) is 16.7 Å².